The third-order valence-corrected chi connectivity index (χ3v) is 0.669. The molecule has 0 saturated carbocycles. The van der Waals surface area contributed by atoms with Gasteiger partial charge in [-0.25, -0.2) is 9.97 Å². The summed E-state index contributed by atoms with van der Waals surface area (Å²) in [6.45, 7) is 0. The Hall–Kier alpha value is -0.630. The maximum atomic E-state index is 5.29. The van der Waals surface area contributed by atoms with E-state index in [0.29, 0.717) is 0 Å². The zero-order valence-corrected chi connectivity index (χ0v) is 4.18. The van der Waals surface area contributed by atoms with E-state index in [0.717, 1.165) is 0 Å². The maximum absolute atomic E-state index is 5.29. The first-order valence-corrected chi connectivity index (χ1v) is 2.12. The van der Waals surface area contributed by atoms with Gasteiger partial charge in [-0.2, -0.15) is 0 Å². The molecule has 0 fully saturated rings. The summed E-state index contributed by atoms with van der Waals surface area (Å²) in [5, 5.41) is 0.238. The fourth-order valence-electron chi connectivity index (χ4n) is 0.252. The molecule has 1 aromatic heterocycles. The second-order valence-corrected chi connectivity index (χ2v) is 1.29. The molecule has 0 bridgehead atoms. The molecule has 0 aromatic carbocycles. The molecular formula is C4H2ClN2. The summed E-state index contributed by atoms with van der Waals surface area (Å²) in [5.41, 5.74) is 0. The van der Waals surface area contributed by atoms with Crippen molar-refractivity contribution in [2.24, 2.45) is 0 Å². The Labute approximate surface area is 46.2 Å². The SMILES string of the molecule is Clc1n[c]ccn1. The third kappa shape index (κ3) is 1.12. The first-order valence-electron chi connectivity index (χ1n) is 1.74. The van der Waals surface area contributed by atoms with Crippen molar-refractivity contribution in [3.05, 3.63) is 23.7 Å². The van der Waals surface area contributed by atoms with E-state index in [-0.39, 0.29) is 5.28 Å². The van der Waals surface area contributed by atoms with Crippen LogP contribution in [0, 0.1) is 6.20 Å². The number of rotatable bonds is 0. The highest BCUT2D eigenvalue weighted by atomic mass is 35.5. The zero-order chi connectivity index (χ0) is 5.11. The standard InChI is InChI=1S/C4H2ClN2/c5-4-6-2-1-3-7-4/h1-2H. The Morgan fingerprint density at radius 1 is 1.71 bits per heavy atom. The normalized spacial score (nSPS) is 8.71. The average Bonchev–Trinajstić information content (AvgIpc) is 1.69. The summed E-state index contributed by atoms with van der Waals surface area (Å²) in [4.78, 5) is 7.11. The molecule has 1 radical (unpaired) electrons. The largest absolute Gasteiger partial charge is 0.226 e. The minimum Gasteiger partial charge on any atom is -0.226 e. The second-order valence-electron chi connectivity index (χ2n) is 0.955. The summed E-state index contributed by atoms with van der Waals surface area (Å²) in [6.07, 6.45) is 4.05. The predicted molar refractivity (Wildman–Crippen MR) is 25.9 cm³/mol. The van der Waals surface area contributed by atoms with Crippen molar-refractivity contribution in [2.45, 2.75) is 0 Å². The monoisotopic (exact) mass is 113 g/mol. The van der Waals surface area contributed by atoms with Crippen molar-refractivity contribution in [1.82, 2.24) is 9.97 Å². The van der Waals surface area contributed by atoms with Gasteiger partial charge in [0.25, 0.3) is 0 Å². The van der Waals surface area contributed by atoms with Crippen molar-refractivity contribution in [3.8, 4) is 0 Å². The lowest BCUT2D eigenvalue weighted by atomic mass is 10.7. The van der Waals surface area contributed by atoms with Gasteiger partial charge in [0.1, 0.15) is 0 Å². The van der Waals surface area contributed by atoms with Crippen molar-refractivity contribution < 1.29 is 0 Å². The summed E-state index contributed by atoms with van der Waals surface area (Å²) in [5.74, 6) is 0. The van der Waals surface area contributed by atoms with E-state index in [1.807, 2.05) is 0 Å². The Morgan fingerprint density at radius 3 is 2.86 bits per heavy atom. The highest BCUT2D eigenvalue weighted by Crippen LogP contribution is 1.91. The van der Waals surface area contributed by atoms with Gasteiger partial charge in [0.05, 0.1) is 6.20 Å². The highest BCUT2D eigenvalue weighted by molar-refractivity contribution is 6.28. The fraction of sp³-hybridized carbons (Fsp3) is 0. The van der Waals surface area contributed by atoms with Gasteiger partial charge in [-0.1, -0.05) is 0 Å². The Morgan fingerprint density at radius 2 is 2.57 bits per heavy atom. The zero-order valence-electron chi connectivity index (χ0n) is 3.43. The van der Waals surface area contributed by atoms with Crippen LogP contribution in [0.2, 0.25) is 5.28 Å². The summed E-state index contributed by atoms with van der Waals surface area (Å²) < 4.78 is 0. The molecule has 1 rings (SSSR count). The van der Waals surface area contributed by atoms with Crippen LogP contribution in [0.15, 0.2) is 12.3 Å². The van der Waals surface area contributed by atoms with E-state index >= 15 is 0 Å². The van der Waals surface area contributed by atoms with Crippen LogP contribution in [0.25, 0.3) is 0 Å². The molecule has 0 N–H and O–H groups in total. The molecule has 0 spiro atoms. The van der Waals surface area contributed by atoms with Gasteiger partial charge in [0, 0.05) is 6.20 Å². The molecule has 1 heterocycles. The number of hydrogen-bond acceptors (Lipinski definition) is 2. The van der Waals surface area contributed by atoms with Gasteiger partial charge in [-0.3, -0.25) is 0 Å². The molecule has 1 aromatic rings. The lowest BCUT2D eigenvalue weighted by Gasteiger charge is -1.77. The first-order chi connectivity index (χ1) is 3.39. The van der Waals surface area contributed by atoms with Crippen molar-refractivity contribution in [1.29, 1.82) is 0 Å². The topological polar surface area (TPSA) is 25.8 Å². The van der Waals surface area contributed by atoms with Crippen molar-refractivity contribution >= 4 is 11.6 Å². The molecule has 0 unspecified atom stereocenters. The van der Waals surface area contributed by atoms with E-state index in [9.17, 15) is 0 Å². The third-order valence-electron chi connectivity index (χ3n) is 0.487. The summed E-state index contributed by atoms with van der Waals surface area (Å²) >= 11 is 5.29. The lowest BCUT2D eigenvalue weighted by molar-refractivity contribution is 1.16. The van der Waals surface area contributed by atoms with E-state index in [1.54, 1.807) is 6.07 Å². The van der Waals surface area contributed by atoms with E-state index in [1.165, 1.54) is 6.20 Å². The molecule has 3 heteroatoms. The van der Waals surface area contributed by atoms with E-state index in [2.05, 4.69) is 16.2 Å². The van der Waals surface area contributed by atoms with Crippen LogP contribution >= 0.6 is 11.6 Å². The molecule has 0 atom stereocenters. The van der Waals surface area contributed by atoms with Crippen LogP contribution in [-0.2, 0) is 0 Å². The minimum atomic E-state index is 0.238. The molecule has 0 amide bonds. The Bertz CT molecular complexity index is 140. The van der Waals surface area contributed by atoms with Crippen LogP contribution in [0.1, 0.15) is 0 Å². The quantitative estimate of drug-likeness (QED) is 0.468. The number of hydrogen-bond donors (Lipinski definition) is 0. The van der Waals surface area contributed by atoms with E-state index in [4.69, 9.17) is 11.6 Å². The number of halogens is 1. The van der Waals surface area contributed by atoms with Crippen LogP contribution < -0.4 is 0 Å². The molecule has 0 aliphatic heterocycles. The van der Waals surface area contributed by atoms with Gasteiger partial charge in [-0.15, -0.1) is 0 Å². The molecule has 0 aliphatic rings. The van der Waals surface area contributed by atoms with Crippen LogP contribution in [0.3, 0.4) is 0 Å². The smallest absolute Gasteiger partial charge is 0.222 e. The van der Waals surface area contributed by atoms with Gasteiger partial charge in [-0.05, 0) is 17.7 Å². The summed E-state index contributed by atoms with van der Waals surface area (Å²) in [6, 6.07) is 1.59. The molecule has 2 nitrogen and oxygen atoms in total. The molecular weight excluding hydrogens is 112 g/mol. The average molecular weight is 114 g/mol. The van der Waals surface area contributed by atoms with Crippen molar-refractivity contribution in [3.63, 3.8) is 0 Å². The first kappa shape index (κ1) is 4.53. The summed E-state index contributed by atoms with van der Waals surface area (Å²) in [7, 11) is 0. The van der Waals surface area contributed by atoms with Gasteiger partial charge in [0.2, 0.25) is 5.28 Å². The molecule has 35 valence electrons. The maximum Gasteiger partial charge on any atom is 0.222 e. The molecule has 7 heavy (non-hydrogen) atoms. The minimum absolute atomic E-state index is 0.238. The number of nitrogens with zero attached hydrogens (tertiary/aromatic N) is 2. The van der Waals surface area contributed by atoms with Crippen LogP contribution in [0.5, 0.6) is 0 Å². The predicted octanol–water partition coefficient (Wildman–Crippen LogP) is 0.930. The Kier molecular flexibility index (Phi) is 1.22. The van der Waals surface area contributed by atoms with E-state index < -0.39 is 0 Å². The number of aromatic nitrogens is 2. The molecule has 0 aliphatic carbocycles. The fourth-order valence-corrected chi connectivity index (χ4v) is 0.357. The van der Waals surface area contributed by atoms with Gasteiger partial charge < -0.3 is 0 Å². The highest BCUT2D eigenvalue weighted by Gasteiger charge is 1.79. The lowest BCUT2D eigenvalue weighted by Crippen LogP contribution is -1.74. The second kappa shape index (κ2) is 1.89. The van der Waals surface area contributed by atoms with Crippen LogP contribution in [-0.4, -0.2) is 9.97 Å². The van der Waals surface area contributed by atoms with Crippen molar-refractivity contribution in [2.75, 3.05) is 0 Å². The molecule has 0 saturated heterocycles. The van der Waals surface area contributed by atoms with Crippen LogP contribution in [0.4, 0.5) is 0 Å². The van der Waals surface area contributed by atoms with Gasteiger partial charge in [0.15, 0.2) is 0 Å². The van der Waals surface area contributed by atoms with Gasteiger partial charge >= 0.3 is 0 Å². The Balaban J connectivity index is 3.02.